The molecule has 0 aliphatic rings. The first-order chi connectivity index (χ1) is 9.06. The summed E-state index contributed by atoms with van der Waals surface area (Å²) in [6.45, 7) is 7.08. The topological polar surface area (TPSA) is 26.3 Å². The van der Waals surface area contributed by atoms with Crippen molar-refractivity contribution in [1.29, 1.82) is 0 Å². The van der Waals surface area contributed by atoms with E-state index >= 15 is 0 Å². The zero-order valence-corrected chi connectivity index (χ0v) is 11.9. The van der Waals surface area contributed by atoms with Gasteiger partial charge in [-0.1, -0.05) is 48.7 Å². The van der Waals surface area contributed by atoms with Gasteiger partial charge in [-0.15, -0.1) is 0 Å². The summed E-state index contributed by atoms with van der Waals surface area (Å²) in [6.07, 6.45) is 0. The minimum absolute atomic E-state index is 0.231. The summed E-state index contributed by atoms with van der Waals surface area (Å²) in [5.74, 6) is -0.346. The Kier molecular flexibility index (Phi) is 4.27. The number of benzene rings is 2. The molecular weight excluding hydrogens is 256 g/mol. The third kappa shape index (κ3) is 3.61. The van der Waals surface area contributed by atoms with Crippen LogP contribution in [0.3, 0.4) is 0 Å². The fourth-order valence-electron chi connectivity index (χ4n) is 1.71. The van der Waals surface area contributed by atoms with Crippen LogP contribution in [0.2, 0.25) is 0 Å². The van der Waals surface area contributed by atoms with Gasteiger partial charge in [0.2, 0.25) is 0 Å². The summed E-state index contributed by atoms with van der Waals surface area (Å²) in [5, 5.41) is 2.39. The van der Waals surface area contributed by atoms with E-state index in [-0.39, 0.29) is 11.4 Å². The maximum atomic E-state index is 11.4. The molecule has 0 fully saturated rings. The van der Waals surface area contributed by atoms with Crippen LogP contribution in [0.25, 0.3) is 10.8 Å². The molecule has 98 valence electrons. The molecule has 2 aromatic rings. The van der Waals surface area contributed by atoms with Crippen molar-refractivity contribution < 1.29 is 9.53 Å². The molecule has 0 saturated carbocycles. The minimum Gasteiger partial charge on any atom is -0.448 e. The Hall–Kier alpha value is -1.74. The maximum Gasteiger partial charge on any atom is 0.334 e. The molecule has 0 N–H and O–H groups in total. The van der Waals surface area contributed by atoms with Gasteiger partial charge in [0.1, 0.15) is 5.44 Å². The van der Waals surface area contributed by atoms with Gasteiger partial charge in [0.25, 0.3) is 0 Å². The van der Waals surface area contributed by atoms with Gasteiger partial charge in [-0.2, -0.15) is 0 Å². The van der Waals surface area contributed by atoms with Crippen LogP contribution in [-0.4, -0.2) is 11.4 Å². The molecular formula is C16H16O2S. The fraction of sp³-hybridized carbons (Fsp3) is 0.188. The average Bonchev–Trinajstić information content (AvgIpc) is 2.38. The van der Waals surface area contributed by atoms with Gasteiger partial charge < -0.3 is 4.74 Å². The van der Waals surface area contributed by atoms with E-state index in [1.165, 1.54) is 22.5 Å². The molecule has 0 spiro atoms. The van der Waals surface area contributed by atoms with Crippen molar-refractivity contribution in [3.8, 4) is 0 Å². The highest BCUT2D eigenvalue weighted by Crippen LogP contribution is 2.27. The molecule has 0 bridgehead atoms. The second-order valence-corrected chi connectivity index (χ2v) is 5.75. The molecule has 0 aromatic heterocycles. The molecule has 1 unspecified atom stereocenters. The zero-order chi connectivity index (χ0) is 13.8. The summed E-state index contributed by atoms with van der Waals surface area (Å²) in [5.41, 5.74) is 0.191. The monoisotopic (exact) mass is 272 g/mol. The molecule has 0 radical (unpaired) electrons. The number of fused-ring (bicyclic) bond motifs is 1. The van der Waals surface area contributed by atoms with Crippen molar-refractivity contribution in [2.45, 2.75) is 24.2 Å². The van der Waals surface area contributed by atoms with Crippen molar-refractivity contribution in [3.63, 3.8) is 0 Å². The number of thioether (sulfide) groups is 1. The van der Waals surface area contributed by atoms with Crippen LogP contribution in [0, 0.1) is 0 Å². The molecule has 0 aliphatic carbocycles. The lowest BCUT2D eigenvalue weighted by Crippen LogP contribution is -2.11. The van der Waals surface area contributed by atoms with E-state index in [0.717, 1.165) is 4.90 Å². The van der Waals surface area contributed by atoms with E-state index < -0.39 is 0 Å². The first-order valence-corrected chi connectivity index (χ1v) is 6.96. The predicted molar refractivity (Wildman–Crippen MR) is 80.2 cm³/mol. The van der Waals surface area contributed by atoms with Gasteiger partial charge >= 0.3 is 5.97 Å². The SMILES string of the molecule is C=C(C)C(=O)OC(C)Sc1ccc2ccccc2c1. The molecule has 0 saturated heterocycles. The first-order valence-electron chi connectivity index (χ1n) is 6.08. The lowest BCUT2D eigenvalue weighted by atomic mass is 10.1. The van der Waals surface area contributed by atoms with Crippen molar-refractivity contribution in [1.82, 2.24) is 0 Å². The predicted octanol–water partition coefficient (Wildman–Crippen LogP) is 4.40. The maximum absolute atomic E-state index is 11.4. The Bertz CT molecular complexity index is 619. The quantitative estimate of drug-likeness (QED) is 0.357. The highest BCUT2D eigenvalue weighted by Gasteiger charge is 2.11. The molecule has 3 heteroatoms. The lowest BCUT2D eigenvalue weighted by molar-refractivity contribution is -0.139. The summed E-state index contributed by atoms with van der Waals surface area (Å²) in [6, 6.07) is 14.4. The van der Waals surface area contributed by atoms with Crippen LogP contribution in [-0.2, 0) is 9.53 Å². The van der Waals surface area contributed by atoms with Crippen molar-refractivity contribution in [3.05, 3.63) is 54.6 Å². The van der Waals surface area contributed by atoms with Crippen LogP contribution in [0.4, 0.5) is 0 Å². The molecule has 0 aliphatic heterocycles. The minimum atomic E-state index is -0.346. The molecule has 0 amide bonds. The number of rotatable bonds is 4. The number of hydrogen-bond acceptors (Lipinski definition) is 3. The van der Waals surface area contributed by atoms with E-state index in [1.54, 1.807) is 6.92 Å². The Labute approximate surface area is 117 Å². The second-order valence-electron chi connectivity index (χ2n) is 4.38. The largest absolute Gasteiger partial charge is 0.448 e. The van der Waals surface area contributed by atoms with Crippen molar-refractivity contribution >= 4 is 28.5 Å². The number of carbonyl (C=O) groups excluding carboxylic acids is 1. The van der Waals surface area contributed by atoms with Gasteiger partial charge in [-0.3, -0.25) is 0 Å². The summed E-state index contributed by atoms with van der Waals surface area (Å²) in [7, 11) is 0. The molecule has 2 aromatic carbocycles. The van der Waals surface area contributed by atoms with E-state index in [0.29, 0.717) is 5.57 Å². The Morgan fingerprint density at radius 1 is 1.21 bits per heavy atom. The molecule has 1 atom stereocenters. The number of carbonyl (C=O) groups is 1. The van der Waals surface area contributed by atoms with Crippen LogP contribution >= 0.6 is 11.8 Å². The average molecular weight is 272 g/mol. The molecule has 2 rings (SSSR count). The van der Waals surface area contributed by atoms with Crippen LogP contribution < -0.4 is 0 Å². The number of hydrogen-bond donors (Lipinski definition) is 0. The zero-order valence-electron chi connectivity index (χ0n) is 11.1. The number of ether oxygens (including phenoxy) is 1. The summed E-state index contributed by atoms with van der Waals surface area (Å²) in [4.78, 5) is 12.5. The van der Waals surface area contributed by atoms with E-state index in [2.05, 4.69) is 30.8 Å². The Morgan fingerprint density at radius 2 is 1.89 bits per heavy atom. The van der Waals surface area contributed by atoms with Crippen LogP contribution in [0.15, 0.2) is 59.5 Å². The fourth-order valence-corrected chi connectivity index (χ4v) is 2.57. The van der Waals surface area contributed by atoms with Crippen LogP contribution in [0.1, 0.15) is 13.8 Å². The normalized spacial score (nSPS) is 12.1. The number of esters is 1. The smallest absolute Gasteiger partial charge is 0.334 e. The Morgan fingerprint density at radius 3 is 2.58 bits per heavy atom. The third-order valence-corrected chi connectivity index (χ3v) is 3.60. The van der Waals surface area contributed by atoms with Crippen LogP contribution in [0.5, 0.6) is 0 Å². The van der Waals surface area contributed by atoms with Crippen molar-refractivity contribution in [2.75, 3.05) is 0 Å². The first kappa shape index (κ1) is 13.7. The molecule has 19 heavy (non-hydrogen) atoms. The van der Waals surface area contributed by atoms with Gasteiger partial charge in [-0.25, -0.2) is 4.79 Å². The summed E-state index contributed by atoms with van der Waals surface area (Å²) < 4.78 is 5.25. The standard InChI is InChI=1S/C16H16O2S/c1-11(2)16(17)18-12(3)19-15-9-8-13-6-4-5-7-14(13)10-15/h4-10,12H,1H2,2-3H3. The van der Waals surface area contributed by atoms with Gasteiger partial charge in [0.05, 0.1) is 0 Å². The Balaban J connectivity index is 2.08. The van der Waals surface area contributed by atoms with Crippen molar-refractivity contribution in [2.24, 2.45) is 0 Å². The summed E-state index contributed by atoms with van der Waals surface area (Å²) >= 11 is 1.52. The third-order valence-electron chi connectivity index (χ3n) is 2.64. The van der Waals surface area contributed by atoms with Gasteiger partial charge in [0.15, 0.2) is 0 Å². The van der Waals surface area contributed by atoms with E-state index in [4.69, 9.17) is 4.74 Å². The molecule has 0 heterocycles. The lowest BCUT2D eigenvalue weighted by Gasteiger charge is -2.13. The van der Waals surface area contributed by atoms with E-state index in [1.807, 2.05) is 25.1 Å². The van der Waals surface area contributed by atoms with E-state index in [9.17, 15) is 4.79 Å². The highest BCUT2D eigenvalue weighted by molar-refractivity contribution is 7.99. The second kappa shape index (κ2) is 5.93. The van der Waals surface area contributed by atoms with Gasteiger partial charge in [-0.05, 0) is 36.8 Å². The van der Waals surface area contributed by atoms with Gasteiger partial charge in [0, 0.05) is 10.5 Å². The molecule has 2 nitrogen and oxygen atoms in total. The highest BCUT2D eigenvalue weighted by atomic mass is 32.2.